The Morgan fingerprint density at radius 2 is 2.06 bits per heavy atom. The van der Waals surface area contributed by atoms with Gasteiger partial charge in [0.25, 0.3) is 0 Å². The summed E-state index contributed by atoms with van der Waals surface area (Å²) in [5.41, 5.74) is 7.23. The van der Waals surface area contributed by atoms with Gasteiger partial charge in [0, 0.05) is 26.5 Å². The summed E-state index contributed by atoms with van der Waals surface area (Å²) in [5.74, 6) is 6.34. The highest BCUT2D eigenvalue weighted by Crippen LogP contribution is 2.24. The molecule has 0 fully saturated rings. The first-order valence-electron chi connectivity index (χ1n) is 5.50. The molecule has 17 heavy (non-hydrogen) atoms. The molecule has 1 atom stereocenters. The third-order valence-corrected chi connectivity index (χ3v) is 3.36. The minimum absolute atomic E-state index is 0.0290. The van der Waals surface area contributed by atoms with Crippen LogP contribution in [0.3, 0.4) is 0 Å². The first-order valence-corrected chi connectivity index (χ1v) is 6.96. The van der Waals surface area contributed by atoms with Crippen molar-refractivity contribution >= 4 is 34.2 Å². The average molecular weight is 362 g/mol. The van der Waals surface area contributed by atoms with Gasteiger partial charge in [0.15, 0.2) is 0 Å². The molecule has 0 heterocycles. The second kappa shape index (κ2) is 6.08. The molecule has 0 amide bonds. The van der Waals surface area contributed by atoms with E-state index in [1.165, 1.54) is 0 Å². The predicted octanol–water partition coefficient (Wildman–Crippen LogP) is 4.38. The summed E-state index contributed by atoms with van der Waals surface area (Å²) in [4.78, 5) is 0. The lowest BCUT2D eigenvalue weighted by molar-refractivity contribution is 0.569. The highest BCUT2D eigenvalue weighted by atomic mass is 127. The zero-order chi connectivity index (χ0) is 13.1. The van der Waals surface area contributed by atoms with Gasteiger partial charge in [-0.3, -0.25) is 0 Å². The van der Waals surface area contributed by atoms with Crippen LogP contribution >= 0.6 is 34.2 Å². The third kappa shape index (κ3) is 5.29. The van der Waals surface area contributed by atoms with Crippen LogP contribution in [0.2, 0.25) is 5.02 Å². The van der Waals surface area contributed by atoms with Crippen molar-refractivity contribution in [1.82, 2.24) is 0 Å². The lowest BCUT2D eigenvalue weighted by atomic mass is 9.97. The molecule has 2 N–H and O–H groups in total. The molecule has 1 unspecified atom stereocenters. The lowest BCUT2D eigenvalue weighted by Gasteiger charge is -2.12. The maximum atomic E-state index is 6.13. The van der Waals surface area contributed by atoms with Crippen LogP contribution in [0.5, 0.6) is 0 Å². The number of nitrogens with two attached hydrogens (primary N) is 1. The second-order valence-electron chi connectivity index (χ2n) is 5.03. The normalized spacial score (nSPS) is 12.8. The quantitative estimate of drug-likeness (QED) is 0.614. The highest BCUT2D eigenvalue weighted by Gasteiger charge is 2.10. The first kappa shape index (κ1) is 14.8. The number of halogens is 2. The van der Waals surface area contributed by atoms with Crippen molar-refractivity contribution in [2.75, 3.05) is 0 Å². The van der Waals surface area contributed by atoms with Gasteiger partial charge in [-0.1, -0.05) is 17.5 Å². The molecule has 0 radical (unpaired) electrons. The Morgan fingerprint density at radius 3 is 2.65 bits per heavy atom. The summed E-state index contributed by atoms with van der Waals surface area (Å²) < 4.78 is 1.14. The second-order valence-corrected chi connectivity index (χ2v) is 6.63. The molecule has 0 saturated heterocycles. The van der Waals surface area contributed by atoms with E-state index in [9.17, 15) is 0 Å². The van der Waals surface area contributed by atoms with Crippen molar-refractivity contribution in [2.24, 2.45) is 11.1 Å². The predicted molar refractivity (Wildman–Crippen MR) is 82.9 cm³/mol. The molecule has 0 aliphatic heterocycles. The third-order valence-electron chi connectivity index (χ3n) is 2.14. The minimum atomic E-state index is -0.0737. The van der Waals surface area contributed by atoms with E-state index in [0.29, 0.717) is 6.42 Å². The van der Waals surface area contributed by atoms with Crippen molar-refractivity contribution in [3.63, 3.8) is 0 Å². The van der Waals surface area contributed by atoms with E-state index in [1.807, 2.05) is 18.2 Å². The van der Waals surface area contributed by atoms with Crippen molar-refractivity contribution in [2.45, 2.75) is 33.2 Å². The zero-order valence-electron chi connectivity index (χ0n) is 10.3. The highest BCUT2D eigenvalue weighted by molar-refractivity contribution is 14.1. The molecule has 0 aliphatic carbocycles. The van der Waals surface area contributed by atoms with Crippen LogP contribution in [0.1, 0.15) is 38.8 Å². The van der Waals surface area contributed by atoms with Crippen LogP contribution in [-0.2, 0) is 0 Å². The summed E-state index contributed by atoms with van der Waals surface area (Å²) in [6.07, 6.45) is 0.660. The minimum Gasteiger partial charge on any atom is -0.323 e. The van der Waals surface area contributed by atoms with Gasteiger partial charge >= 0.3 is 0 Å². The summed E-state index contributed by atoms with van der Waals surface area (Å²) >= 11 is 8.25. The number of benzene rings is 1. The van der Waals surface area contributed by atoms with Crippen LogP contribution in [0, 0.1) is 20.8 Å². The largest absolute Gasteiger partial charge is 0.323 e. The first-order chi connectivity index (χ1) is 7.79. The monoisotopic (exact) mass is 361 g/mol. The standard InChI is InChI=1S/C14H17ClIN/c1-14(2,3)8-4-5-13(17)11-9-10(15)6-7-12(11)16/h6-7,9,13H,5,17H2,1-3H3. The topological polar surface area (TPSA) is 26.0 Å². The summed E-state index contributed by atoms with van der Waals surface area (Å²) in [6.45, 7) is 6.28. The van der Waals surface area contributed by atoms with Gasteiger partial charge in [0.1, 0.15) is 0 Å². The van der Waals surface area contributed by atoms with E-state index in [2.05, 4.69) is 55.2 Å². The fourth-order valence-corrected chi connectivity index (χ4v) is 2.25. The van der Waals surface area contributed by atoms with E-state index in [4.69, 9.17) is 17.3 Å². The van der Waals surface area contributed by atoms with E-state index in [0.717, 1.165) is 14.2 Å². The Morgan fingerprint density at radius 1 is 1.41 bits per heavy atom. The molecule has 0 aromatic heterocycles. The van der Waals surface area contributed by atoms with Gasteiger partial charge in [-0.25, -0.2) is 0 Å². The van der Waals surface area contributed by atoms with Crippen LogP contribution in [0.25, 0.3) is 0 Å². The van der Waals surface area contributed by atoms with Gasteiger partial charge in [0.2, 0.25) is 0 Å². The molecular formula is C14H17ClIN. The molecule has 3 heteroatoms. The van der Waals surface area contributed by atoms with Gasteiger partial charge < -0.3 is 5.73 Å². The Labute approximate surface area is 122 Å². The molecule has 0 bridgehead atoms. The number of rotatable bonds is 2. The molecule has 92 valence electrons. The van der Waals surface area contributed by atoms with Gasteiger partial charge in [-0.2, -0.15) is 0 Å². The zero-order valence-corrected chi connectivity index (χ0v) is 13.3. The Balaban J connectivity index is 2.79. The van der Waals surface area contributed by atoms with Crippen molar-refractivity contribution < 1.29 is 0 Å². The smallest absolute Gasteiger partial charge is 0.0416 e. The van der Waals surface area contributed by atoms with Gasteiger partial charge in [-0.15, -0.1) is 5.92 Å². The van der Waals surface area contributed by atoms with E-state index in [-0.39, 0.29) is 11.5 Å². The van der Waals surface area contributed by atoms with E-state index in [1.54, 1.807) is 0 Å². The van der Waals surface area contributed by atoms with Crippen molar-refractivity contribution in [1.29, 1.82) is 0 Å². The summed E-state index contributed by atoms with van der Waals surface area (Å²) in [7, 11) is 0. The van der Waals surface area contributed by atoms with Crippen LogP contribution in [-0.4, -0.2) is 0 Å². The maximum Gasteiger partial charge on any atom is 0.0416 e. The average Bonchev–Trinajstić information content (AvgIpc) is 2.19. The molecule has 0 aliphatic rings. The Bertz CT molecular complexity index is 452. The Kier molecular flexibility index (Phi) is 5.30. The fraction of sp³-hybridized carbons (Fsp3) is 0.429. The number of hydrogen-bond acceptors (Lipinski definition) is 1. The maximum absolute atomic E-state index is 6.13. The molecule has 1 rings (SSSR count). The molecule has 0 spiro atoms. The van der Waals surface area contributed by atoms with E-state index >= 15 is 0 Å². The Hall–Kier alpha value is -0.240. The molecule has 0 saturated carbocycles. The van der Waals surface area contributed by atoms with Crippen molar-refractivity contribution in [3.8, 4) is 11.8 Å². The SMILES string of the molecule is CC(C)(C)C#CCC(N)c1cc(Cl)ccc1I. The van der Waals surface area contributed by atoms with Gasteiger partial charge in [-0.05, 0) is 67.1 Å². The van der Waals surface area contributed by atoms with Crippen LogP contribution in [0.4, 0.5) is 0 Å². The molecule has 1 nitrogen and oxygen atoms in total. The molecule has 1 aromatic rings. The lowest BCUT2D eigenvalue weighted by Crippen LogP contribution is -2.11. The van der Waals surface area contributed by atoms with Gasteiger partial charge in [0.05, 0.1) is 0 Å². The van der Waals surface area contributed by atoms with Crippen LogP contribution < -0.4 is 5.73 Å². The summed E-state index contributed by atoms with van der Waals surface area (Å²) in [6, 6.07) is 5.71. The fourth-order valence-electron chi connectivity index (χ4n) is 1.33. The van der Waals surface area contributed by atoms with Crippen molar-refractivity contribution in [3.05, 3.63) is 32.4 Å². The molecule has 1 aromatic carbocycles. The van der Waals surface area contributed by atoms with Crippen LogP contribution in [0.15, 0.2) is 18.2 Å². The van der Waals surface area contributed by atoms with E-state index < -0.39 is 0 Å². The summed E-state index contributed by atoms with van der Waals surface area (Å²) in [5, 5.41) is 0.722. The molecular weight excluding hydrogens is 345 g/mol. The number of hydrogen-bond donors (Lipinski definition) is 1.